The molecule has 4 heteroatoms. The van der Waals surface area contributed by atoms with Crippen LogP contribution in [0.4, 0.5) is 0 Å². The Morgan fingerprint density at radius 1 is 1.33 bits per heavy atom. The van der Waals surface area contributed by atoms with Crippen LogP contribution in [0.15, 0.2) is 28.7 Å². The van der Waals surface area contributed by atoms with Gasteiger partial charge >= 0.3 is 0 Å². The molecule has 0 saturated heterocycles. The van der Waals surface area contributed by atoms with E-state index >= 15 is 0 Å². The molecule has 2 nitrogen and oxygen atoms in total. The second-order valence-electron chi connectivity index (χ2n) is 4.31. The lowest BCUT2D eigenvalue weighted by Crippen LogP contribution is -1.96. The number of nitrogens with zero attached hydrogens (tertiary/aromatic N) is 1. The quantitative estimate of drug-likeness (QED) is 0.820. The molecule has 0 saturated carbocycles. The summed E-state index contributed by atoms with van der Waals surface area (Å²) in [4.78, 5) is 7.75. The predicted molar refractivity (Wildman–Crippen MR) is 81.3 cm³/mol. The molecule has 0 radical (unpaired) electrons. The van der Waals surface area contributed by atoms with Crippen molar-refractivity contribution in [1.29, 1.82) is 0 Å². The second-order valence-corrected chi connectivity index (χ2v) is 5.58. The van der Waals surface area contributed by atoms with Gasteiger partial charge in [0.25, 0.3) is 0 Å². The number of hydrogen-bond acceptors (Lipinski definition) is 2. The number of aromatic amines is 1. The van der Waals surface area contributed by atoms with E-state index < -0.39 is 0 Å². The number of nitrogens with one attached hydrogen (secondary N) is 1. The zero-order chi connectivity index (χ0) is 13.1. The van der Waals surface area contributed by atoms with E-state index in [0.29, 0.717) is 4.64 Å². The van der Waals surface area contributed by atoms with Crippen molar-refractivity contribution in [2.24, 2.45) is 0 Å². The molecule has 2 rings (SSSR count). The van der Waals surface area contributed by atoms with Crippen molar-refractivity contribution in [1.82, 2.24) is 9.97 Å². The van der Waals surface area contributed by atoms with Gasteiger partial charge in [0.1, 0.15) is 10.5 Å². The fraction of sp³-hybridized carbons (Fsp3) is 0.286. The van der Waals surface area contributed by atoms with Crippen molar-refractivity contribution in [2.45, 2.75) is 26.7 Å². The van der Waals surface area contributed by atoms with Crippen LogP contribution in [0.5, 0.6) is 0 Å². The van der Waals surface area contributed by atoms with Gasteiger partial charge in [0.2, 0.25) is 0 Å². The summed E-state index contributed by atoms with van der Waals surface area (Å²) in [5.74, 6) is 0.839. The van der Waals surface area contributed by atoms with E-state index in [0.717, 1.165) is 34.4 Å². The number of halogens is 1. The third-order valence-corrected chi connectivity index (χ3v) is 3.83. The summed E-state index contributed by atoms with van der Waals surface area (Å²) in [6, 6.07) is 8.14. The van der Waals surface area contributed by atoms with Crippen LogP contribution in [0.2, 0.25) is 0 Å². The van der Waals surface area contributed by atoms with E-state index in [1.54, 1.807) is 0 Å². The molecule has 0 aliphatic rings. The van der Waals surface area contributed by atoms with Gasteiger partial charge in [-0.2, -0.15) is 0 Å². The summed E-state index contributed by atoms with van der Waals surface area (Å²) < 4.78 is 1.73. The van der Waals surface area contributed by atoms with Gasteiger partial charge in [0.05, 0.1) is 0 Å². The highest BCUT2D eigenvalue weighted by molar-refractivity contribution is 9.10. The lowest BCUT2D eigenvalue weighted by molar-refractivity contribution is 0.873. The van der Waals surface area contributed by atoms with Crippen LogP contribution in [-0.4, -0.2) is 9.97 Å². The van der Waals surface area contributed by atoms with E-state index in [2.05, 4.69) is 57.9 Å². The standard InChI is InChI=1S/C14H15BrN2S/c1-3-4-11-8-13(18)17-14(16-11)10-6-5-9(2)12(15)7-10/h5-8H,3-4H2,1-2H3,(H,16,17,18). The van der Waals surface area contributed by atoms with Crippen molar-refractivity contribution >= 4 is 28.1 Å². The molecular formula is C14H15BrN2S. The normalized spacial score (nSPS) is 10.6. The molecule has 94 valence electrons. The average Bonchev–Trinajstić information content (AvgIpc) is 2.32. The number of rotatable bonds is 3. The highest BCUT2D eigenvalue weighted by atomic mass is 79.9. The fourth-order valence-corrected chi connectivity index (χ4v) is 2.40. The van der Waals surface area contributed by atoms with Gasteiger partial charge in [0, 0.05) is 15.7 Å². The lowest BCUT2D eigenvalue weighted by atomic mass is 10.1. The Morgan fingerprint density at radius 2 is 2.11 bits per heavy atom. The maximum atomic E-state index is 5.22. The average molecular weight is 323 g/mol. The molecule has 0 unspecified atom stereocenters. The summed E-state index contributed by atoms with van der Waals surface area (Å²) >= 11 is 8.76. The maximum Gasteiger partial charge on any atom is 0.139 e. The first-order chi connectivity index (χ1) is 8.60. The number of hydrogen-bond donors (Lipinski definition) is 1. The van der Waals surface area contributed by atoms with Gasteiger partial charge in [-0.25, -0.2) is 4.98 Å². The molecule has 0 spiro atoms. The molecule has 0 aliphatic heterocycles. The Labute approximate surface area is 121 Å². The Kier molecular flexibility index (Phi) is 4.30. The van der Waals surface area contributed by atoms with Crippen molar-refractivity contribution < 1.29 is 0 Å². The lowest BCUT2D eigenvalue weighted by Gasteiger charge is -2.07. The summed E-state index contributed by atoms with van der Waals surface area (Å²) in [6.45, 7) is 4.22. The molecule has 1 aromatic carbocycles. The third-order valence-electron chi connectivity index (χ3n) is 2.76. The Morgan fingerprint density at radius 3 is 2.78 bits per heavy atom. The molecular weight excluding hydrogens is 308 g/mol. The van der Waals surface area contributed by atoms with Crippen LogP contribution in [0.25, 0.3) is 11.4 Å². The Bertz CT molecular complexity index is 619. The summed E-state index contributed by atoms with van der Waals surface area (Å²) in [5, 5.41) is 0. The van der Waals surface area contributed by atoms with E-state index in [1.807, 2.05) is 6.07 Å². The van der Waals surface area contributed by atoms with E-state index in [-0.39, 0.29) is 0 Å². The molecule has 2 aromatic rings. The van der Waals surface area contributed by atoms with Gasteiger partial charge in [0.15, 0.2) is 0 Å². The highest BCUT2D eigenvalue weighted by Gasteiger charge is 2.04. The number of H-pyrrole nitrogens is 1. The van der Waals surface area contributed by atoms with Crippen LogP contribution >= 0.6 is 28.1 Å². The predicted octanol–water partition coefficient (Wildman–Crippen LogP) is 4.83. The smallest absolute Gasteiger partial charge is 0.139 e. The summed E-state index contributed by atoms with van der Waals surface area (Å²) in [6.07, 6.45) is 2.08. The largest absolute Gasteiger partial charge is 0.343 e. The Balaban J connectivity index is 2.49. The SMILES string of the molecule is CCCc1cc(=S)nc(-c2ccc(C)c(Br)c2)[nH]1. The van der Waals surface area contributed by atoms with Gasteiger partial charge in [-0.05, 0) is 31.0 Å². The molecule has 0 aliphatic carbocycles. The fourth-order valence-electron chi connectivity index (χ4n) is 1.79. The molecule has 0 fully saturated rings. The second kappa shape index (κ2) is 5.76. The van der Waals surface area contributed by atoms with Crippen molar-refractivity contribution in [3.05, 3.63) is 44.6 Å². The van der Waals surface area contributed by atoms with Crippen LogP contribution < -0.4 is 0 Å². The summed E-state index contributed by atoms with van der Waals surface area (Å²) in [5.41, 5.74) is 3.41. The minimum Gasteiger partial charge on any atom is -0.343 e. The van der Waals surface area contributed by atoms with Crippen LogP contribution in [0.3, 0.4) is 0 Å². The van der Waals surface area contributed by atoms with Crippen LogP contribution in [-0.2, 0) is 6.42 Å². The molecule has 0 atom stereocenters. The molecule has 18 heavy (non-hydrogen) atoms. The topological polar surface area (TPSA) is 28.7 Å². The van der Waals surface area contributed by atoms with Gasteiger partial charge in [-0.1, -0.05) is 53.6 Å². The number of aryl methyl sites for hydroxylation is 2. The minimum atomic E-state index is 0.642. The maximum absolute atomic E-state index is 5.22. The number of benzene rings is 1. The van der Waals surface area contributed by atoms with Crippen LogP contribution in [0, 0.1) is 11.6 Å². The van der Waals surface area contributed by atoms with E-state index in [4.69, 9.17) is 12.2 Å². The first-order valence-corrected chi connectivity index (χ1v) is 7.17. The zero-order valence-electron chi connectivity index (χ0n) is 10.5. The van der Waals surface area contributed by atoms with Crippen molar-refractivity contribution in [3.63, 3.8) is 0 Å². The molecule has 1 N–H and O–H groups in total. The monoisotopic (exact) mass is 322 g/mol. The van der Waals surface area contributed by atoms with Crippen molar-refractivity contribution in [3.8, 4) is 11.4 Å². The Hall–Kier alpha value is -1.00. The van der Waals surface area contributed by atoms with E-state index in [9.17, 15) is 0 Å². The van der Waals surface area contributed by atoms with Gasteiger partial charge in [-0.15, -0.1) is 0 Å². The molecule has 1 heterocycles. The molecule has 0 bridgehead atoms. The van der Waals surface area contributed by atoms with Crippen LogP contribution in [0.1, 0.15) is 24.6 Å². The molecule has 1 aromatic heterocycles. The minimum absolute atomic E-state index is 0.642. The highest BCUT2D eigenvalue weighted by Crippen LogP contribution is 2.23. The first kappa shape index (κ1) is 13.4. The van der Waals surface area contributed by atoms with Gasteiger partial charge in [-0.3, -0.25) is 0 Å². The third kappa shape index (κ3) is 3.06. The first-order valence-electron chi connectivity index (χ1n) is 5.97. The number of aromatic nitrogens is 2. The van der Waals surface area contributed by atoms with Crippen molar-refractivity contribution in [2.75, 3.05) is 0 Å². The molecule has 0 amide bonds. The van der Waals surface area contributed by atoms with Gasteiger partial charge < -0.3 is 4.98 Å². The summed E-state index contributed by atoms with van der Waals surface area (Å²) in [7, 11) is 0. The zero-order valence-corrected chi connectivity index (χ0v) is 12.9. The van der Waals surface area contributed by atoms with E-state index in [1.165, 1.54) is 5.56 Å².